The van der Waals surface area contributed by atoms with Crippen LogP contribution in [0.15, 0.2) is 96.6 Å². The van der Waals surface area contributed by atoms with Gasteiger partial charge in [0.2, 0.25) is 0 Å². The highest BCUT2D eigenvalue weighted by Gasteiger charge is 2.19. The molecule has 2 aromatic rings. The topological polar surface area (TPSA) is 0 Å². The summed E-state index contributed by atoms with van der Waals surface area (Å²) >= 11 is 0. The van der Waals surface area contributed by atoms with Crippen molar-refractivity contribution in [2.24, 2.45) is 5.92 Å². The van der Waals surface area contributed by atoms with E-state index in [1.54, 1.807) is 0 Å². The van der Waals surface area contributed by atoms with Crippen molar-refractivity contribution in [1.29, 1.82) is 0 Å². The summed E-state index contributed by atoms with van der Waals surface area (Å²) in [6, 6.07) is 18.1. The molecule has 0 amide bonds. The molecule has 0 aliphatic heterocycles. The summed E-state index contributed by atoms with van der Waals surface area (Å²) in [5.41, 5.74) is 8.47. The van der Waals surface area contributed by atoms with Crippen LogP contribution in [0.25, 0.3) is 11.6 Å². The zero-order chi connectivity index (χ0) is 21.5. The highest BCUT2D eigenvalue weighted by molar-refractivity contribution is 5.80. The number of rotatable bonds is 5. The Morgan fingerprint density at radius 3 is 2.68 bits per heavy atom. The average molecular weight is 407 g/mol. The first kappa shape index (κ1) is 21.4. The van der Waals surface area contributed by atoms with Crippen molar-refractivity contribution in [3.63, 3.8) is 0 Å². The Morgan fingerprint density at radius 1 is 0.968 bits per heavy atom. The molecule has 2 aromatic carbocycles. The van der Waals surface area contributed by atoms with Crippen molar-refractivity contribution in [2.45, 2.75) is 51.9 Å². The molecule has 0 heterocycles. The summed E-state index contributed by atoms with van der Waals surface area (Å²) in [4.78, 5) is 0. The van der Waals surface area contributed by atoms with E-state index in [1.165, 1.54) is 46.2 Å². The highest BCUT2D eigenvalue weighted by Crippen LogP contribution is 2.36. The molecule has 0 N–H and O–H groups in total. The fraction of sp³-hybridized carbons (Fsp3) is 0.290. The summed E-state index contributed by atoms with van der Waals surface area (Å²) < 4.78 is 0. The zero-order valence-corrected chi connectivity index (χ0v) is 18.9. The van der Waals surface area contributed by atoms with Gasteiger partial charge in [0.1, 0.15) is 0 Å². The Labute approximate surface area is 188 Å². The van der Waals surface area contributed by atoms with Crippen molar-refractivity contribution in [2.75, 3.05) is 0 Å². The van der Waals surface area contributed by atoms with Gasteiger partial charge < -0.3 is 0 Å². The third-order valence-corrected chi connectivity index (χ3v) is 6.51. The largest absolute Gasteiger partial charge is 0.0877 e. The first-order valence-electron chi connectivity index (χ1n) is 11.8. The van der Waals surface area contributed by atoms with Gasteiger partial charge in [0.25, 0.3) is 0 Å². The molecule has 0 bridgehead atoms. The lowest BCUT2D eigenvalue weighted by atomic mass is 9.81. The monoisotopic (exact) mass is 406 g/mol. The summed E-state index contributed by atoms with van der Waals surface area (Å²) in [6.45, 7) is 4.45. The predicted octanol–water partition coefficient (Wildman–Crippen LogP) is 8.69. The Morgan fingerprint density at radius 2 is 1.84 bits per heavy atom. The molecule has 31 heavy (non-hydrogen) atoms. The minimum absolute atomic E-state index is 0.562. The van der Waals surface area contributed by atoms with Gasteiger partial charge in [0, 0.05) is 0 Å². The minimum Gasteiger partial charge on any atom is -0.0877 e. The van der Waals surface area contributed by atoms with Crippen molar-refractivity contribution < 1.29 is 0 Å². The van der Waals surface area contributed by atoms with Crippen LogP contribution < -0.4 is 0 Å². The van der Waals surface area contributed by atoms with Crippen LogP contribution in [0.2, 0.25) is 0 Å². The van der Waals surface area contributed by atoms with E-state index in [4.69, 9.17) is 0 Å². The maximum Gasteiger partial charge on any atom is -0.00809 e. The van der Waals surface area contributed by atoms with Gasteiger partial charge >= 0.3 is 0 Å². The second-order valence-electron chi connectivity index (χ2n) is 8.98. The average Bonchev–Trinajstić information content (AvgIpc) is 2.78. The lowest BCUT2D eigenvalue weighted by Crippen LogP contribution is -2.08. The van der Waals surface area contributed by atoms with E-state index in [-0.39, 0.29) is 0 Å². The summed E-state index contributed by atoms with van der Waals surface area (Å²) in [5.74, 6) is 1.27. The second-order valence-corrected chi connectivity index (χ2v) is 8.98. The van der Waals surface area contributed by atoms with Gasteiger partial charge in [-0.1, -0.05) is 98.0 Å². The second kappa shape index (κ2) is 10.4. The normalized spacial score (nSPS) is 21.5. The van der Waals surface area contributed by atoms with E-state index >= 15 is 0 Å². The standard InChI is InChI=1S/C31H34/c1-3-4-6-15-26-21-24(2)12-9-10-18-30(26)29-19-20-31-27(16-11-17-28(31)23-29)22-25-13-7-5-8-14-25/h3-8,10-11,13-15,17-20,23-24,27H,9,12,16,21-22H2,1-2H3. The van der Waals surface area contributed by atoms with E-state index in [0.717, 1.165) is 19.3 Å². The molecule has 0 aromatic heterocycles. The quantitative estimate of drug-likeness (QED) is 0.436. The van der Waals surface area contributed by atoms with Crippen LogP contribution in [0.5, 0.6) is 0 Å². The number of benzene rings is 2. The lowest BCUT2D eigenvalue weighted by Gasteiger charge is -2.24. The molecule has 2 atom stereocenters. The molecular formula is C31H34. The minimum atomic E-state index is 0.562. The highest BCUT2D eigenvalue weighted by atomic mass is 14.2. The predicted molar refractivity (Wildman–Crippen MR) is 136 cm³/mol. The van der Waals surface area contributed by atoms with Gasteiger partial charge in [-0.25, -0.2) is 0 Å². The Hall–Kier alpha value is -2.86. The molecule has 4 rings (SSSR count). The molecule has 2 aliphatic rings. The van der Waals surface area contributed by atoms with Crippen LogP contribution in [0.1, 0.15) is 67.7 Å². The van der Waals surface area contributed by atoms with Crippen LogP contribution in [-0.2, 0) is 6.42 Å². The third kappa shape index (κ3) is 5.44. The summed E-state index contributed by atoms with van der Waals surface area (Å²) in [5, 5.41) is 0. The molecule has 2 aliphatic carbocycles. The third-order valence-electron chi connectivity index (χ3n) is 6.51. The first-order valence-corrected chi connectivity index (χ1v) is 11.8. The van der Waals surface area contributed by atoms with Crippen molar-refractivity contribution in [3.8, 4) is 0 Å². The van der Waals surface area contributed by atoms with Crippen molar-refractivity contribution in [1.82, 2.24) is 0 Å². The summed E-state index contributed by atoms with van der Waals surface area (Å²) in [6.07, 6.45) is 23.9. The van der Waals surface area contributed by atoms with Gasteiger partial charge in [0.05, 0.1) is 0 Å². The van der Waals surface area contributed by atoms with Gasteiger partial charge in [-0.15, -0.1) is 0 Å². The van der Waals surface area contributed by atoms with E-state index in [9.17, 15) is 0 Å². The molecule has 2 unspecified atom stereocenters. The van der Waals surface area contributed by atoms with Gasteiger partial charge in [0.15, 0.2) is 0 Å². The van der Waals surface area contributed by atoms with E-state index < -0.39 is 0 Å². The van der Waals surface area contributed by atoms with Crippen LogP contribution in [0, 0.1) is 5.92 Å². The number of hydrogen-bond donors (Lipinski definition) is 0. The van der Waals surface area contributed by atoms with Crippen LogP contribution >= 0.6 is 0 Å². The number of fused-ring (bicyclic) bond motifs is 1. The van der Waals surface area contributed by atoms with Crippen LogP contribution in [-0.4, -0.2) is 0 Å². The number of hydrogen-bond acceptors (Lipinski definition) is 0. The zero-order valence-electron chi connectivity index (χ0n) is 18.9. The molecule has 0 saturated carbocycles. The van der Waals surface area contributed by atoms with Crippen molar-refractivity contribution in [3.05, 3.63) is 119 Å². The Balaban J connectivity index is 1.69. The van der Waals surface area contributed by atoms with Gasteiger partial charge in [-0.2, -0.15) is 0 Å². The fourth-order valence-corrected chi connectivity index (χ4v) is 4.84. The van der Waals surface area contributed by atoms with Gasteiger partial charge in [-0.3, -0.25) is 0 Å². The van der Waals surface area contributed by atoms with Crippen LogP contribution in [0.4, 0.5) is 0 Å². The molecule has 0 saturated heterocycles. The fourth-order valence-electron chi connectivity index (χ4n) is 4.84. The Bertz CT molecular complexity index is 1030. The molecule has 0 fully saturated rings. The lowest BCUT2D eigenvalue weighted by molar-refractivity contribution is 0.537. The van der Waals surface area contributed by atoms with E-state index in [2.05, 4.69) is 111 Å². The van der Waals surface area contributed by atoms with Crippen LogP contribution in [0.3, 0.4) is 0 Å². The van der Waals surface area contributed by atoms with Gasteiger partial charge in [-0.05, 0) is 90.3 Å². The number of allylic oxidation sites excluding steroid dienone is 9. The molecule has 0 nitrogen and oxygen atoms in total. The molecule has 0 radical (unpaired) electrons. The SMILES string of the molecule is CC=CC=CC1=C(c2ccc3c(c2)C=CCC3Cc2ccccc2)C=CCCC(C)C1. The van der Waals surface area contributed by atoms with E-state index in [0.29, 0.717) is 11.8 Å². The Kier molecular flexibility index (Phi) is 7.20. The maximum atomic E-state index is 2.42. The molecule has 0 spiro atoms. The van der Waals surface area contributed by atoms with Crippen molar-refractivity contribution >= 4 is 11.6 Å². The maximum absolute atomic E-state index is 2.42. The van der Waals surface area contributed by atoms with E-state index in [1.807, 2.05) is 0 Å². The molecular weight excluding hydrogens is 372 g/mol. The molecule has 158 valence electrons. The smallest absolute Gasteiger partial charge is 0.00809 e. The summed E-state index contributed by atoms with van der Waals surface area (Å²) in [7, 11) is 0. The molecule has 0 heteroatoms. The first-order chi connectivity index (χ1) is 15.2.